The summed E-state index contributed by atoms with van der Waals surface area (Å²) in [6.45, 7) is 1.83. The zero-order valence-corrected chi connectivity index (χ0v) is 7.73. The molecule has 0 aromatic heterocycles. The third kappa shape index (κ3) is 4.34. The van der Waals surface area contributed by atoms with Crippen molar-refractivity contribution in [1.29, 1.82) is 0 Å². The van der Waals surface area contributed by atoms with Gasteiger partial charge in [-0.25, -0.2) is 0 Å². The Morgan fingerprint density at radius 1 is 1.50 bits per heavy atom. The van der Waals surface area contributed by atoms with Crippen molar-refractivity contribution in [2.45, 2.75) is 25.7 Å². The van der Waals surface area contributed by atoms with Gasteiger partial charge in [-0.15, -0.1) is 0 Å². The van der Waals surface area contributed by atoms with E-state index in [-0.39, 0.29) is 5.91 Å². The molecule has 1 aliphatic carbocycles. The molecule has 0 saturated heterocycles. The molecule has 0 bridgehead atoms. The SMILES string of the molecule is CNCCCC(=O)NCC1CC1. The van der Waals surface area contributed by atoms with Crippen LogP contribution in [0.3, 0.4) is 0 Å². The van der Waals surface area contributed by atoms with E-state index in [0.29, 0.717) is 6.42 Å². The number of carbonyl (C=O) groups is 1. The summed E-state index contributed by atoms with van der Waals surface area (Å²) in [4.78, 5) is 11.1. The zero-order valence-electron chi connectivity index (χ0n) is 7.73. The largest absolute Gasteiger partial charge is 0.356 e. The molecule has 0 atom stereocenters. The van der Waals surface area contributed by atoms with Gasteiger partial charge in [0.2, 0.25) is 5.91 Å². The molecule has 12 heavy (non-hydrogen) atoms. The Bertz CT molecular complexity index is 143. The van der Waals surface area contributed by atoms with Crippen molar-refractivity contribution < 1.29 is 4.79 Å². The lowest BCUT2D eigenvalue weighted by Crippen LogP contribution is -2.26. The van der Waals surface area contributed by atoms with Crippen LogP contribution in [-0.4, -0.2) is 26.0 Å². The van der Waals surface area contributed by atoms with Gasteiger partial charge in [0.05, 0.1) is 0 Å². The second-order valence-corrected chi connectivity index (χ2v) is 3.45. The molecule has 1 rings (SSSR count). The molecule has 0 spiro atoms. The van der Waals surface area contributed by atoms with Gasteiger partial charge in [-0.3, -0.25) is 4.79 Å². The van der Waals surface area contributed by atoms with Crippen LogP contribution in [0.4, 0.5) is 0 Å². The molecule has 70 valence electrons. The van der Waals surface area contributed by atoms with E-state index >= 15 is 0 Å². The summed E-state index contributed by atoms with van der Waals surface area (Å²) in [5.74, 6) is 0.996. The molecule has 3 heteroatoms. The zero-order chi connectivity index (χ0) is 8.81. The molecular formula is C9H18N2O. The minimum absolute atomic E-state index is 0.206. The number of rotatable bonds is 6. The van der Waals surface area contributed by atoms with Gasteiger partial charge in [-0.05, 0) is 38.8 Å². The van der Waals surface area contributed by atoms with Gasteiger partial charge in [0.25, 0.3) is 0 Å². The lowest BCUT2D eigenvalue weighted by molar-refractivity contribution is -0.121. The van der Waals surface area contributed by atoms with E-state index in [0.717, 1.165) is 25.4 Å². The molecule has 1 amide bonds. The van der Waals surface area contributed by atoms with Crippen molar-refractivity contribution in [3.8, 4) is 0 Å². The molecule has 0 radical (unpaired) electrons. The molecular weight excluding hydrogens is 152 g/mol. The maximum absolute atomic E-state index is 11.1. The first-order chi connectivity index (χ1) is 5.83. The van der Waals surface area contributed by atoms with E-state index in [4.69, 9.17) is 0 Å². The highest BCUT2D eigenvalue weighted by Gasteiger charge is 2.21. The van der Waals surface area contributed by atoms with Crippen molar-refractivity contribution in [3.05, 3.63) is 0 Å². The topological polar surface area (TPSA) is 41.1 Å². The van der Waals surface area contributed by atoms with E-state index in [1.165, 1.54) is 12.8 Å². The van der Waals surface area contributed by atoms with Crippen LogP contribution in [0.5, 0.6) is 0 Å². The van der Waals surface area contributed by atoms with Crippen molar-refractivity contribution in [3.63, 3.8) is 0 Å². The Labute approximate surface area is 73.9 Å². The number of hydrogen-bond donors (Lipinski definition) is 2. The van der Waals surface area contributed by atoms with E-state index in [9.17, 15) is 4.79 Å². The number of nitrogens with one attached hydrogen (secondary N) is 2. The first-order valence-corrected chi connectivity index (χ1v) is 4.74. The van der Waals surface area contributed by atoms with Gasteiger partial charge >= 0.3 is 0 Å². The highest BCUT2D eigenvalue weighted by atomic mass is 16.1. The highest BCUT2D eigenvalue weighted by Crippen LogP contribution is 2.27. The molecule has 1 saturated carbocycles. The summed E-state index contributed by atoms with van der Waals surface area (Å²) in [5.41, 5.74) is 0. The van der Waals surface area contributed by atoms with Crippen molar-refractivity contribution in [1.82, 2.24) is 10.6 Å². The number of amides is 1. The quantitative estimate of drug-likeness (QED) is 0.570. The summed E-state index contributed by atoms with van der Waals surface area (Å²) in [5, 5.41) is 5.96. The first kappa shape index (κ1) is 9.52. The van der Waals surface area contributed by atoms with Crippen LogP contribution in [0.15, 0.2) is 0 Å². The van der Waals surface area contributed by atoms with Gasteiger partial charge in [0, 0.05) is 13.0 Å². The summed E-state index contributed by atoms with van der Waals surface area (Å²) in [6.07, 6.45) is 4.20. The van der Waals surface area contributed by atoms with Gasteiger partial charge in [0.1, 0.15) is 0 Å². The molecule has 0 aromatic carbocycles. The Balaban J connectivity index is 1.88. The molecule has 0 heterocycles. The Morgan fingerprint density at radius 2 is 2.25 bits per heavy atom. The first-order valence-electron chi connectivity index (χ1n) is 4.74. The monoisotopic (exact) mass is 170 g/mol. The van der Waals surface area contributed by atoms with E-state index in [1.54, 1.807) is 0 Å². The lowest BCUT2D eigenvalue weighted by atomic mass is 10.3. The predicted molar refractivity (Wildman–Crippen MR) is 48.9 cm³/mol. The molecule has 0 aliphatic heterocycles. The van der Waals surface area contributed by atoms with E-state index in [2.05, 4.69) is 10.6 Å². The van der Waals surface area contributed by atoms with Crippen LogP contribution >= 0.6 is 0 Å². The predicted octanol–water partition coefficient (Wildman–Crippen LogP) is 0.512. The van der Waals surface area contributed by atoms with Crippen LogP contribution < -0.4 is 10.6 Å². The van der Waals surface area contributed by atoms with Crippen LogP contribution in [0, 0.1) is 5.92 Å². The maximum atomic E-state index is 11.1. The minimum atomic E-state index is 0.206. The Morgan fingerprint density at radius 3 is 2.83 bits per heavy atom. The number of hydrogen-bond acceptors (Lipinski definition) is 2. The van der Waals surface area contributed by atoms with Gasteiger partial charge in [-0.1, -0.05) is 0 Å². The van der Waals surface area contributed by atoms with E-state index in [1.807, 2.05) is 7.05 Å². The number of carbonyl (C=O) groups excluding carboxylic acids is 1. The average Bonchev–Trinajstić information content (AvgIpc) is 2.84. The van der Waals surface area contributed by atoms with Gasteiger partial charge < -0.3 is 10.6 Å². The van der Waals surface area contributed by atoms with Crippen LogP contribution in [0.1, 0.15) is 25.7 Å². The second kappa shape index (κ2) is 5.14. The summed E-state index contributed by atoms with van der Waals surface area (Å²) in [7, 11) is 1.90. The van der Waals surface area contributed by atoms with E-state index < -0.39 is 0 Å². The lowest BCUT2D eigenvalue weighted by Gasteiger charge is -2.02. The smallest absolute Gasteiger partial charge is 0.220 e. The summed E-state index contributed by atoms with van der Waals surface area (Å²) < 4.78 is 0. The second-order valence-electron chi connectivity index (χ2n) is 3.45. The van der Waals surface area contributed by atoms with Gasteiger partial charge in [-0.2, -0.15) is 0 Å². The fraction of sp³-hybridized carbons (Fsp3) is 0.889. The Kier molecular flexibility index (Phi) is 4.08. The molecule has 0 aromatic rings. The molecule has 1 fully saturated rings. The highest BCUT2D eigenvalue weighted by molar-refractivity contribution is 5.75. The van der Waals surface area contributed by atoms with Gasteiger partial charge in [0.15, 0.2) is 0 Å². The molecule has 2 N–H and O–H groups in total. The van der Waals surface area contributed by atoms with Crippen LogP contribution in [0.2, 0.25) is 0 Å². The van der Waals surface area contributed by atoms with Crippen LogP contribution in [-0.2, 0) is 4.79 Å². The minimum Gasteiger partial charge on any atom is -0.356 e. The van der Waals surface area contributed by atoms with Crippen molar-refractivity contribution >= 4 is 5.91 Å². The summed E-state index contributed by atoms with van der Waals surface area (Å²) >= 11 is 0. The third-order valence-electron chi connectivity index (χ3n) is 2.12. The maximum Gasteiger partial charge on any atom is 0.220 e. The van der Waals surface area contributed by atoms with Crippen molar-refractivity contribution in [2.24, 2.45) is 5.92 Å². The third-order valence-corrected chi connectivity index (χ3v) is 2.12. The molecule has 0 unspecified atom stereocenters. The summed E-state index contributed by atoms with van der Waals surface area (Å²) in [6, 6.07) is 0. The molecule has 1 aliphatic rings. The van der Waals surface area contributed by atoms with Crippen LogP contribution in [0.25, 0.3) is 0 Å². The standard InChI is InChI=1S/C9H18N2O/c1-10-6-2-3-9(12)11-7-8-4-5-8/h8,10H,2-7H2,1H3,(H,11,12). The average molecular weight is 170 g/mol. The normalized spacial score (nSPS) is 16.1. The fourth-order valence-electron chi connectivity index (χ4n) is 1.09. The van der Waals surface area contributed by atoms with Crippen molar-refractivity contribution in [2.75, 3.05) is 20.1 Å². The Hall–Kier alpha value is -0.570. The molecule has 3 nitrogen and oxygen atoms in total. The fourth-order valence-corrected chi connectivity index (χ4v) is 1.09.